The Morgan fingerprint density at radius 3 is 2.25 bits per heavy atom. The molecule has 0 saturated carbocycles. The van der Waals surface area contributed by atoms with E-state index >= 15 is 0 Å². The molecule has 0 radical (unpaired) electrons. The Kier molecular flexibility index (Phi) is 6.52. The Morgan fingerprint density at radius 1 is 1.42 bits per heavy atom. The maximum Gasteiger partial charge on any atom is 0.153 e. The van der Waals surface area contributed by atoms with Crippen LogP contribution in [0.2, 0.25) is 0 Å². The molecule has 7 heteroatoms. The third kappa shape index (κ3) is 3.91. The van der Waals surface area contributed by atoms with Gasteiger partial charge in [-0.15, -0.1) is 24.8 Å². The van der Waals surface area contributed by atoms with E-state index in [1.165, 1.54) is 0 Å². The van der Waals surface area contributed by atoms with Crippen molar-refractivity contribution in [1.29, 1.82) is 0 Å². The van der Waals surface area contributed by atoms with E-state index in [1.807, 2.05) is 6.92 Å². The van der Waals surface area contributed by atoms with E-state index in [1.54, 1.807) is 5.01 Å². The van der Waals surface area contributed by atoms with E-state index in [0.717, 1.165) is 0 Å². The van der Waals surface area contributed by atoms with Crippen molar-refractivity contribution >= 4 is 34.7 Å². The molecule has 12 heavy (non-hydrogen) atoms. The third-order valence-electron chi connectivity index (χ3n) is 1.72. The van der Waals surface area contributed by atoms with Crippen molar-refractivity contribution in [2.24, 2.45) is 5.84 Å². The molecule has 76 valence electrons. The second-order valence-corrected chi connectivity index (χ2v) is 4.93. The minimum Gasteiger partial charge on any atom is -0.268 e. The van der Waals surface area contributed by atoms with Crippen LogP contribution in [0.1, 0.15) is 6.92 Å². The highest BCUT2D eigenvalue weighted by atomic mass is 35.5. The summed E-state index contributed by atoms with van der Waals surface area (Å²) < 4.78 is 21.8. The molecule has 1 unspecified atom stereocenters. The second kappa shape index (κ2) is 5.24. The maximum atomic E-state index is 10.9. The molecule has 1 saturated heterocycles. The number of rotatable bonds is 0. The smallest absolute Gasteiger partial charge is 0.153 e. The van der Waals surface area contributed by atoms with Gasteiger partial charge in [0.1, 0.15) is 0 Å². The fraction of sp³-hybridized carbons (Fsp3) is 1.00. The van der Waals surface area contributed by atoms with E-state index in [-0.39, 0.29) is 42.4 Å². The number of hydrazine groups is 1. The first-order valence-electron chi connectivity index (χ1n) is 3.23. The van der Waals surface area contributed by atoms with Crippen molar-refractivity contribution in [2.45, 2.75) is 13.0 Å². The summed E-state index contributed by atoms with van der Waals surface area (Å²) in [5.74, 6) is 5.87. The quantitative estimate of drug-likeness (QED) is 0.594. The van der Waals surface area contributed by atoms with Crippen LogP contribution in [0.25, 0.3) is 0 Å². The third-order valence-corrected chi connectivity index (χ3v) is 3.52. The molecule has 1 fully saturated rings. The van der Waals surface area contributed by atoms with E-state index in [4.69, 9.17) is 5.84 Å². The van der Waals surface area contributed by atoms with Crippen LogP contribution >= 0.6 is 24.8 Å². The highest BCUT2D eigenvalue weighted by Crippen LogP contribution is 2.06. The molecule has 4 nitrogen and oxygen atoms in total. The number of halogens is 2. The summed E-state index contributed by atoms with van der Waals surface area (Å²) in [5.41, 5.74) is 0. The van der Waals surface area contributed by atoms with Gasteiger partial charge in [0.2, 0.25) is 0 Å². The zero-order valence-electron chi connectivity index (χ0n) is 6.76. The van der Waals surface area contributed by atoms with Crippen LogP contribution in [0.15, 0.2) is 0 Å². The summed E-state index contributed by atoms with van der Waals surface area (Å²) in [7, 11) is -2.79. The molecule has 0 aromatic heterocycles. The van der Waals surface area contributed by atoms with E-state index < -0.39 is 9.84 Å². The highest BCUT2D eigenvalue weighted by Gasteiger charge is 2.25. The Bertz CT molecular complexity index is 219. The lowest BCUT2D eigenvalue weighted by molar-refractivity contribution is 0.233. The predicted octanol–water partition coefficient (Wildman–Crippen LogP) is -0.177. The minimum absolute atomic E-state index is 0. The molecule has 1 aliphatic heterocycles. The molecular formula is C5H14Cl2N2O2S. The largest absolute Gasteiger partial charge is 0.268 e. The number of hydrogen-bond acceptors (Lipinski definition) is 4. The first-order valence-corrected chi connectivity index (χ1v) is 5.05. The first-order chi connectivity index (χ1) is 4.51. The van der Waals surface area contributed by atoms with Gasteiger partial charge in [0, 0.05) is 12.6 Å². The Labute approximate surface area is 85.2 Å². The van der Waals surface area contributed by atoms with Crippen molar-refractivity contribution in [2.75, 3.05) is 18.1 Å². The van der Waals surface area contributed by atoms with E-state index in [9.17, 15) is 8.42 Å². The van der Waals surface area contributed by atoms with Gasteiger partial charge in [0.15, 0.2) is 9.84 Å². The number of hydrogen-bond donors (Lipinski definition) is 1. The standard InChI is InChI=1S/C5H12N2O2S.2ClH/c1-5-4-10(8,9)3-2-7(5)6;;/h5H,2-4,6H2,1H3;2*1H. The molecule has 1 atom stereocenters. The van der Waals surface area contributed by atoms with Gasteiger partial charge in [0.25, 0.3) is 0 Å². The Hall–Kier alpha value is 0.450. The Balaban J connectivity index is 0. The molecule has 2 N–H and O–H groups in total. The first kappa shape index (κ1) is 14.9. The van der Waals surface area contributed by atoms with Gasteiger partial charge in [0.05, 0.1) is 11.5 Å². The van der Waals surface area contributed by atoms with Crippen LogP contribution in [-0.4, -0.2) is 37.5 Å². The maximum absolute atomic E-state index is 10.9. The summed E-state index contributed by atoms with van der Waals surface area (Å²) in [6.45, 7) is 2.28. The van der Waals surface area contributed by atoms with E-state index in [0.29, 0.717) is 6.54 Å². The van der Waals surface area contributed by atoms with Crippen molar-refractivity contribution in [3.8, 4) is 0 Å². The lowest BCUT2D eigenvalue weighted by Gasteiger charge is -2.28. The fourth-order valence-corrected chi connectivity index (χ4v) is 2.59. The second-order valence-electron chi connectivity index (χ2n) is 2.70. The van der Waals surface area contributed by atoms with Gasteiger partial charge in [-0.25, -0.2) is 13.4 Å². The minimum atomic E-state index is -2.79. The lowest BCUT2D eigenvalue weighted by Crippen LogP contribution is -2.50. The molecule has 0 aliphatic carbocycles. The topological polar surface area (TPSA) is 63.4 Å². The number of nitrogens with two attached hydrogens (primary N) is 1. The zero-order chi connectivity index (χ0) is 7.78. The van der Waals surface area contributed by atoms with Crippen LogP contribution < -0.4 is 5.84 Å². The molecule has 1 heterocycles. The molecule has 0 spiro atoms. The SMILES string of the molecule is CC1CS(=O)(=O)CCN1N.Cl.Cl. The van der Waals surface area contributed by atoms with Crippen LogP contribution in [0.5, 0.6) is 0 Å². The number of sulfone groups is 1. The number of nitrogens with zero attached hydrogens (tertiary/aromatic N) is 1. The van der Waals surface area contributed by atoms with Crippen LogP contribution in [0.4, 0.5) is 0 Å². The predicted molar refractivity (Wildman–Crippen MR) is 53.5 cm³/mol. The lowest BCUT2D eigenvalue weighted by atomic mass is 10.4. The normalized spacial score (nSPS) is 28.3. The summed E-state index contributed by atoms with van der Waals surface area (Å²) in [5, 5.41) is 1.57. The summed E-state index contributed by atoms with van der Waals surface area (Å²) in [6.07, 6.45) is 0. The van der Waals surface area contributed by atoms with Crippen LogP contribution in [0.3, 0.4) is 0 Å². The zero-order valence-corrected chi connectivity index (χ0v) is 9.21. The van der Waals surface area contributed by atoms with Crippen molar-refractivity contribution < 1.29 is 8.42 Å². The van der Waals surface area contributed by atoms with Gasteiger partial charge in [-0.2, -0.15) is 0 Å². The van der Waals surface area contributed by atoms with Gasteiger partial charge in [-0.3, -0.25) is 5.84 Å². The van der Waals surface area contributed by atoms with Gasteiger partial charge >= 0.3 is 0 Å². The summed E-state index contributed by atoms with van der Waals surface area (Å²) >= 11 is 0. The van der Waals surface area contributed by atoms with Crippen molar-refractivity contribution in [3.05, 3.63) is 0 Å². The Morgan fingerprint density at radius 2 is 1.92 bits per heavy atom. The summed E-state index contributed by atoms with van der Waals surface area (Å²) in [6, 6.07) is -0.0289. The van der Waals surface area contributed by atoms with Crippen molar-refractivity contribution in [3.63, 3.8) is 0 Å². The van der Waals surface area contributed by atoms with E-state index in [2.05, 4.69) is 0 Å². The molecule has 1 aliphatic rings. The molecule has 0 amide bonds. The van der Waals surface area contributed by atoms with Crippen LogP contribution in [0, 0.1) is 0 Å². The van der Waals surface area contributed by atoms with Crippen LogP contribution in [-0.2, 0) is 9.84 Å². The van der Waals surface area contributed by atoms with Crippen molar-refractivity contribution in [1.82, 2.24) is 5.01 Å². The molecule has 1 rings (SSSR count). The molecule has 0 bridgehead atoms. The monoisotopic (exact) mass is 236 g/mol. The van der Waals surface area contributed by atoms with Gasteiger partial charge in [-0.05, 0) is 6.92 Å². The van der Waals surface area contributed by atoms with Gasteiger partial charge in [-0.1, -0.05) is 0 Å². The average molecular weight is 237 g/mol. The fourth-order valence-electron chi connectivity index (χ4n) is 1.01. The summed E-state index contributed by atoms with van der Waals surface area (Å²) in [4.78, 5) is 0. The molecule has 0 aromatic rings. The molecule has 0 aromatic carbocycles. The molecular weight excluding hydrogens is 223 g/mol. The highest BCUT2D eigenvalue weighted by molar-refractivity contribution is 7.91. The average Bonchev–Trinajstić information content (AvgIpc) is 1.79. The van der Waals surface area contributed by atoms with Gasteiger partial charge < -0.3 is 0 Å².